The van der Waals surface area contributed by atoms with E-state index in [-0.39, 0.29) is 5.70 Å². The highest BCUT2D eigenvalue weighted by Gasteiger charge is 2.34. The van der Waals surface area contributed by atoms with Crippen molar-refractivity contribution in [3.05, 3.63) is 89.6 Å². The first-order valence-electron chi connectivity index (χ1n) is 12.9. The number of primary amides is 1. The van der Waals surface area contributed by atoms with Crippen molar-refractivity contribution >= 4 is 29.6 Å². The SMILES string of the molecule is CCN(CC)CCCOc1ccc(N2C(=O)NC(=Cc3ccc(Oc4cccc(C(N)=O)c4)cc3)C2=O)cc1. The van der Waals surface area contributed by atoms with Crippen molar-refractivity contribution in [2.75, 3.05) is 31.1 Å². The molecule has 0 unspecified atom stereocenters. The molecule has 0 aromatic heterocycles. The minimum Gasteiger partial charge on any atom is -0.494 e. The molecule has 0 atom stereocenters. The average Bonchev–Trinajstić information content (AvgIpc) is 3.22. The predicted octanol–water partition coefficient (Wildman–Crippen LogP) is 4.79. The van der Waals surface area contributed by atoms with Crippen molar-refractivity contribution in [2.45, 2.75) is 20.3 Å². The fourth-order valence-corrected chi connectivity index (χ4v) is 4.13. The summed E-state index contributed by atoms with van der Waals surface area (Å²) in [7, 11) is 0. The quantitative estimate of drug-likeness (QED) is 0.199. The second-order valence-corrected chi connectivity index (χ2v) is 8.91. The molecule has 3 aromatic carbocycles. The lowest BCUT2D eigenvalue weighted by Gasteiger charge is -2.18. The Labute approximate surface area is 227 Å². The first-order chi connectivity index (χ1) is 18.9. The van der Waals surface area contributed by atoms with Gasteiger partial charge in [-0.25, -0.2) is 9.69 Å². The lowest BCUT2D eigenvalue weighted by Crippen LogP contribution is -2.30. The van der Waals surface area contributed by atoms with Crippen LogP contribution in [-0.4, -0.2) is 49.0 Å². The number of nitrogens with zero attached hydrogens (tertiary/aromatic N) is 2. The lowest BCUT2D eigenvalue weighted by molar-refractivity contribution is -0.113. The molecule has 0 saturated carbocycles. The monoisotopic (exact) mass is 528 g/mol. The standard InChI is InChI=1S/C30H32N4O5/c1-3-33(4-2)17-6-18-38-24-15-11-23(12-16-24)34-29(36)27(32-30(34)37)19-21-9-13-25(14-10-21)39-26-8-5-7-22(20-26)28(31)35/h5,7-16,19-20H,3-4,6,17-18H2,1-2H3,(H2,31,35)(H,32,37). The molecule has 1 aliphatic heterocycles. The molecule has 1 aliphatic rings. The minimum absolute atomic E-state index is 0.166. The third kappa shape index (κ3) is 7.03. The smallest absolute Gasteiger partial charge is 0.333 e. The topological polar surface area (TPSA) is 114 Å². The number of hydrogen-bond acceptors (Lipinski definition) is 6. The van der Waals surface area contributed by atoms with Crippen LogP contribution in [0.25, 0.3) is 6.08 Å². The van der Waals surface area contributed by atoms with Gasteiger partial charge in [0.2, 0.25) is 5.91 Å². The van der Waals surface area contributed by atoms with Crippen LogP contribution in [0, 0.1) is 0 Å². The van der Waals surface area contributed by atoms with Gasteiger partial charge in [0.25, 0.3) is 5.91 Å². The summed E-state index contributed by atoms with van der Waals surface area (Å²) in [6, 6.07) is 19.9. The second-order valence-electron chi connectivity index (χ2n) is 8.91. The second kappa shape index (κ2) is 12.7. The first kappa shape index (κ1) is 27.4. The molecule has 1 heterocycles. The molecule has 202 valence electrons. The van der Waals surface area contributed by atoms with Gasteiger partial charge < -0.3 is 25.4 Å². The Morgan fingerprint density at radius 2 is 1.64 bits per heavy atom. The Morgan fingerprint density at radius 3 is 2.31 bits per heavy atom. The summed E-state index contributed by atoms with van der Waals surface area (Å²) < 4.78 is 11.6. The van der Waals surface area contributed by atoms with E-state index in [2.05, 4.69) is 24.1 Å². The van der Waals surface area contributed by atoms with E-state index in [0.717, 1.165) is 31.0 Å². The zero-order chi connectivity index (χ0) is 27.8. The molecule has 0 radical (unpaired) electrons. The molecule has 3 N–H and O–H groups in total. The molecular weight excluding hydrogens is 496 g/mol. The maximum atomic E-state index is 13.0. The third-order valence-corrected chi connectivity index (χ3v) is 6.30. The van der Waals surface area contributed by atoms with Gasteiger partial charge in [-0.3, -0.25) is 9.59 Å². The van der Waals surface area contributed by atoms with Gasteiger partial charge in [0, 0.05) is 12.1 Å². The van der Waals surface area contributed by atoms with Crippen molar-refractivity contribution in [1.82, 2.24) is 10.2 Å². The summed E-state index contributed by atoms with van der Waals surface area (Å²) in [4.78, 5) is 40.4. The number of nitrogens with two attached hydrogens (primary N) is 1. The van der Waals surface area contributed by atoms with Gasteiger partial charge in [-0.2, -0.15) is 0 Å². The van der Waals surface area contributed by atoms with E-state index in [1.54, 1.807) is 78.9 Å². The summed E-state index contributed by atoms with van der Waals surface area (Å²) in [6.45, 7) is 7.88. The first-order valence-corrected chi connectivity index (χ1v) is 12.9. The number of rotatable bonds is 12. The van der Waals surface area contributed by atoms with Crippen LogP contribution in [0.4, 0.5) is 10.5 Å². The van der Waals surface area contributed by atoms with E-state index >= 15 is 0 Å². The van der Waals surface area contributed by atoms with E-state index in [1.165, 1.54) is 0 Å². The van der Waals surface area contributed by atoms with Crippen molar-refractivity contribution in [3.8, 4) is 17.2 Å². The Hall–Kier alpha value is -4.63. The summed E-state index contributed by atoms with van der Waals surface area (Å²) in [6.07, 6.45) is 2.52. The third-order valence-electron chi connectivity index (χ3n) is 6.30. The number of anilines is 1. The average molecular weight is 529 g/mol. The van der Waals surface area contributed by atoms with E-state index < -0.39 is 17.8 Å². The zero-order valence-electron chi connectivity index (χ0n) is 22.1. The number of carbonyl (C=O) groups is 3. The maximum Gasteiger partial charge on any atom is 0.333 e. The summed E-state index contributed by atoms with van der Waals surface area (Å²) in [5.41, 5.74) is 6.99. The number of urea groups is 1. The highest BCUT2D eigenvalue weighted by atomic mass is 16.5. The predicted molar refractivity (Wildman–Crippen MR) is 150 cm³/mol. The molecule has 1 fully saturated rings. The number of amides is 4. The molecule has 0 spiro atoms. The summed E-state index contributed by atoms with van der Waals surface area (Å²) in [5.74, 6) is 0.714. The lowest BCUT2D eigenvalue weighted by atomic mass is 10.1. The fourth-order valence-electron chi connectivity index (χ4n) is 4.13. The molecule has 0 bridgehead atoms. The van der Waals surface area contributed by atoms with E-state index in [9.17, 15) is 14.4 Å². The van der Waals surface area contributed by atoms with Crippen LogP contribution in [0.1, 0.15) is 36.2 Å². The highest BCUT2D eigenvalue weighted by Crippen LogP contribution is 2.26. The van der Waals surface area contributed by atoms with Crippen LogP contribution in [-0.2, 0) is 4.79 Å². The summed E-state index contributed by atoms with van der Waals surface area (Å²) >= 11 is 0. The maximum absolute atomic E-state index is 13.0. The number of nitrogens with one attached hydrogen (secondary N) is 1. The van der Waals surface area contributed by atoms with Crippen LogP contribution in [0.5, 0.6) is 17.2 Å². The van der Waals surface area contributed by atoms with Crippen molar-refractivity contribution < 1.29 is 23.9 Å². The zero-order valence-corrected chi connectivity index (χ0v) is 22.1. The van der Waals surface area contributed by atoms with E-state index in [0.29, 0.717) is 40.7 Å². The van der Waals surface area contributed by atoms with Crippen LogP contribution in [0.2, 0.25) is 0 Å². The van der Waals surface area contributed by atoms with E-state index in [4.69, 9.17) is 15.2 Å². The van der Waals surface area contributed by atoms with Gasteiger partial charge in [0.05, 0.1) is 12.3 Å². The Bertz CT molecular complexity index is 1350. The van der Waals surface area contributed by atoms with Crippen molar-refractivity contribution in [1.29, 1.82) is 0 Å². The van der Waals surface area contributed by atoms with Crippen LogP contribution >= 0.6 is 0 Å². The highest BCUT2D eigenvalue weighted by molar-refractivity contribution is 6.28. The fraction of sp³-hybridized carbons (Fsp3) is 0.233. The van der Waals surface area contributed by atoms with Crippen LogP contribution < -0.4 is 25.4 Å². The van der Waals surface area contributed by atoms with Gasteiger partial charge in [0.15, 0.2) is 0 Å². The number of carbonyl (C=O) groups excluding carboxylic acids is 3. The van der Waals surface area contributed by atoms with Gasteiger partial charge in [-0.05, 0) is 85.7 Å². The van der Waals surface area contributed by atoms with Crippen molar-refractivity contribution in [2.24, 2.45) is 5.73 Å². The molecule has 4 rings (SSSR count). The van der Waals surface area contributed by atoms with Crippen LogP contribution in [0.3, 0.4) is 0 Å². The summed E-state index contributed by atoms with van der Waals surface area (Å²) in [5, 5.41) is 2.64. The largest absolute Gasteiger partial charge is 0.494 e. The van der Waals surface area contributed by atoms with Gasteiger partial charge in [0.1, 0.15) is 22.9 Å². The number of imide groups is 1. The number of hydrogen-bond donors (Lipinski definition) is 2. The Kier molecular flexibility index (Phi) is 8.96. The normalized spacial score (nSPS) is 14.1. The molecule has 9 heteroatoms. The molecule has 9 nitrogen and oxygen atoms in total. The van der Waals surface area contributed by atoms with E-state index in [1.807, 2.05) is 0 Å². The molecule has 39 heavy (non-hydrogen) atoms. The number of benzene rings is 3. The minimum atomic E-state index is -0.537. The Balaban J connectivity index is 1.36. The molecule has 3 aromatic rings. The van der Waals surface area contributed by atoms with Gasteiger partial charge in [-0.1, -0.05) is 32.0 Å². The van der Waals surface area contributed by atoms with Crippen LogP contribution in [0.15, 0.2) is 78.5 Å². The molecule has 1 saturated heterocycles. The van der Waals surface area contributed by atoms with Gasteiger partial charge in [-0.15, -0.1) is 0 Å². The number of ether oxygens (including phenoxy) is 2. The van der Waals surface area contributed by atoms with Gasteiger partial charge >= 0.3 is 6.03 Å². The molecule has 0 aliphatic carbocycles. The molecule has 4 amide bonds. The Morgan fingerprint density at radius 1 is 0.949 bits per heavy atom. The van der Waals surface area contributed by atoms with Crippen molar-refractivity contribution in [3.63, 3.8) is 0 Å². The molecular formula is C30H32N4O5.